The number of esters is 1. The predicted octanol–water partition coefficient (Wildman–Crippen LogP) is 3.12. The molecule has 0 radical (unpaired) electrons. The fraction of sp³-hybridized carbons (Fsp3) is 0.160. The van der Waals surface area contributed by atoms with Crippen LogP contribution in [-0.4, -0.2) is 44.5 Å². The molecule has 3 rings (SSSR count). The van der Waals surface area contributed by atoms with Crippen LogP contribution in [0.2, 0.25) is 0 Å². The standard InChI is InChI=1S/C25H24N2O7/c1-31-20-13-18(14-21(32-2)23(20)33-3)25(30)34-19-12-8-7-11-17(19)15-26-27-24(29)22(28)16-9-5-4-6-10-16/h4-15,22,28H,1-3H3,(H,27,29)/b26-15-/t22-/m1/s1. The number of aliphatic hydroxyl groups excluding tert-OH is 1. The van der Waals surface area contributed by atoms with Crippen molar-refractivity contribution in [3.8, 4) is 23.0 Å². The summed E-state index contributed by atoms with van der Waals surface area (Å²) in [6.45, 7) is 0. The molecule has 0 saturated heterocycles. The summed E-state index contributed by atoms with van der Waals surface area (Å²) in [6, 6.07) is 18.1. The largest absolute Gasteiger partial charge is 0.493 e. The summed E-state index contributed by atoms with van der Waals surface area (Å²) in [5.41, 5.74) is 3.33. The van der Waals surface area contributed by atoms with Crippen molar-refractivity contribution in [2.75, 3.05) is 21.3 Å². The first-order valence-corrected chi connectivity index (χ1v) is 10.2. The van der Waals surface area contributed by atoms with Crippen molar-refractivity contribution in [1.82, 2.24) is 5.43 Å². The van der Waals surface area contributed by atoms with Gasteiger partial charge in [0.25, 0.3) is 5.91 Å². The number of amides is 1. The van der Waals surface area contributed by atoms with E-state index in [1.54, 1.807) is 54.6 Å². The second-order valence-electron chi connectivity index (χ2n) is 6.89. The summed E-state index contributed by atoms with van der Waals surface area (Å²) in [6.07, 6.45) is -0.0561. The van der Waals surface area contributed by atoms with Crippen LogP contribution in [0.3, 0.4) is 0 Å². The Labute approximate surface area is 196 Å². The molecule has 3 aromatic rings. The summed E-state index contributed by atoms with van der Waals surface area (Å²) in [5, 5.41) is 14.0. The number of nitrogens with zero attached hydrogens (tertiary/aromatic N) is 1. The molecule has 0 saturated carbocycles. The fourth-order valence-corrected chi connectivity index (χ4v) is 3.05. The zero-order valence-electron chi connectivity index (χ0n) is 18.8. The Balaban J connectivity index is 1.74. The lowest BCUT2D eigenvalue weighted by atomic mass is 10.1. The first-order valence-electron chi connectivity index (χ1n) is 10.2. The molecule has 0 fully saturated rings. The van der Waals surface area contributed by atoms with Gasteiger partial charge in [0, 0.05) is 5.56 Å². The highest BCUT2D eigenvalue weighted by atomic mass is 16.5. The van der Waals surface area contributed by atoms with Gasteiger partial charge in [-0.05, 0) is 29.8 Å². The topological polar surface area (TPSA) is 116 Å². The van der Waals surface area contributed by atoms with E-state index in [0.29, 0.717) is 28.4 Å². The number of benzene rings is 3. The molecule has 9 nitrogen and oxygen atoms in total. The smallest absolute Gasteiger partial charge is 0.343 e. The molecule has 1 atom stereocenters. The number of para-hydroxylation sites is 1. The van der Waals surface area contributed by atoms with Crippen LogP contribution in [0.4, 0.5) is 0 Å². The quantitative estimate of drug-likeness (QED) is 0.216. The Morgan fingerprint density at radius 3 is 2.12 bits per heavy atom. The number of aliphatic hydroxyl groups is 1. The number of nitrogens with one attached hydrogen (secondary N) is 1. The van der Waals surface area contributed by atoms with E-state index in [9.17, 15) is 14.7 Å². The molecule has 0 bridgehead atoms. The zero-order chi connectivity index (χ0) is 24.5. The Bertz CT molecular complexity index is 1150. The number of hydrazone groups is 1. The minimum Gasteiger partial charge on any atom is -0.493 e. The lowest BCUT2D eigenvalue weighted by Gasteiger charge is -2.14. The molecule has 0 aromatic heterocycles. The Hall–Kier alpha value is -4.37. The highest BCUT2D eigenvalue weighted by Crippen LogP contribution is 2.38. The molecule has 0 unspecified atom stereocenters. The van der Waals surface area contributed by atoms with Crippen LogP contribution in [0.15, 0.2) is 71.8 Å². The van der Waals surface area contributed by atoms with Gasteiger partial charge in [0.15, 0.2) is 17.6 Å². The SMILES string of the molecule is COc1cc(C(=O)Oc2ccccc2/C=N\NC(=O)[C@H](O)c2ccccc2)cc(OC)c1OC. The van der Waals surface area contributed by atoms with Gasteiger partial charge in [-0.1, -0.05) is 42.5 Å². The molecule has 3 aromatic carbocycles. The summed E-state index contributed by atoms with van der Waals surface area (Å²) >= 11 is 0. The van der Waals surface area contributed by atoms with Gasteiger partial charge >= 0.3 is 5.97 Å². The fourth-order valence-electron chi connectivity index (χ4n) is 3.05. The van der Waals surface area contributed by atoms with E-state index in [1.807, 2.05) is 0 Å². The minimum atomic E-state index is -1.37. The van der Waals surface area contributed by atoms with Gasteiger partial charge < -0.3 is 24.1 Å². The Kier molecular flexibility index (Phi) is 8.20. The van der Waals surface area contributed by atoms with Gasteiger partial charge in [0.1, 0.15) is 5.75 Å². The van der Waals surface area contributed by atoms with Crippen LogP contribution in [0.1, 0.15) is 27.6 Å². The molecule has 0 aliphatic heterocycles. The van der Waals surface area contributed by atoms with Gasteiger partial charge in [0.2, 0.25) is 5.75 Å². The molecule has 34 heavy (non-hydrogen) atoms. The van der Waals surface area contributed by atoms with Crippen molar-refractivity contribution in [1.29, 1.82) is 0 Å². The van der Waals surface area contributed by atoms with Crippen molar-refractivity contribution >= 4 is 18.1 Å². The van der Waals surface area contributed by atoms with Crippen LogP contribution in [0, 0.1) is 0 Å². The monoisotopic (exact) mass is 464 g/mol. The normalized spacial score (nSPS) is 11.5. The molecule has 9 heteroatoms. The van der Waals surface area contributed by atoms with Crippen LogP contribution in [0.25, 0.3) is 0 Å². The number of ether oxygens (including phenoxy) is 4. The summed E-state index contributed by atoms with van der Waals surface area (Å²) in [4.78, 5) is 25.0. The maximum Gasteiger partial charge on any atom is 0.343 e. The summed E-state index contributed by atoms with van der Waals surface area (Å²) < 4.78 is 21.4. The van der Waals surface area contributed by atoms with E-state index in [1.165, 1.54) is 39.7 Å². The minimum absolute atomic E-state index is 0.181. The van der Waals surface area contributed by atoms with Crippen molar-refractivity contribution in [3.63, 3.8) is 0 Å². The van der Waals surface area contributed by atoms with Gasteiger partial charge in [0.05, 0.1) is 33.1 Å². The molecule has 0 aliphatic rings. The van der Waals surface area contributed by atoms with Gasteiger partial charge in [-0.25, -0.2) is 10.2 Å². The van der Waals surface area contributed by atoms with Crippen LogP contribution < -0.4 is 24.4 Å². The molecule has 0 aliphatic carbocycles. The second-order valence-corrected chi connectivity index (χ2v) is 6.89. The van der Waals surface area contributed by atoms with Crippen molar-refractivity contribution in [2.45, 2.75) is 6.10 Å². The predicted molar refractivity (Wildman–Crippen MR) is 125 cm³/mol. The van der Waals surface area contributed by atoms with Crippen LogP contribution >= 0.6 is 0 Å². The number of carbonyl (C=O) groups excluding carboxylic acids is 2. The van der Waals surface area contributed by atoms with Crippen LogP contribution in [-0.2, 0) is 4.79 Å². The van der Waals surface area contributed by atoms with Gasteiger partial charge in [-0.15, -0.1) is 0 Å². The highest BCUT2D eigenvalue weighted by Gasteiger charge is 2.19. The van der Waals surface area contributed by atoms with Crippen molar-refractivity contribution in [3.05, 3.63) is 83.4 Å². The van der Waals surface area contributed by atoms with E-state index >= 15 is 0 Å². The molecule has 0 heterocycles. The molecular formula is C25H24N2O7. The summed E-state index contributed by atoms with van der Waals surface area (Å²) in [5.74, 6) is -0.185. The maximum absolute atomic E-state index is 12.8. The zero-order valence-corrected chi connectivity index (χ0v) is 18.8. The third-order valence-corrected chi connectivity index (χ3v) is 4.76. The lowest BCUT2D eigenvalue weighted by molar-refractivity contribution is -0.129. The van der Waals surface area contributed by atoms with Crippen molar-refractivity contribution < 1.29 is 33.6 Å². The molecule has 176 valence electrons. The molecule has 1 amide bonds. The third-order valence-electron chi connectivity index (χ3n) is 4.76. The van der Waals surface area contributed by atoms with E-state index in [-0.39, 0.29) is 11.3 Å². The van der Waals surface area contributed by atoms with E-state index in [4.69, 9.17) is 18.9 Å². The first kappa shape index (κ1) is 24.3. The van der Waals surface area contributed by atoms with E-state index < -0.39 is 18.0 Å². The number of carbonyl (C=O) groups is 2. The first-order chi connectivity index (χ1) is 16.5. The summed E-state index contributed by atoms with van der Waals surface area (Å²) in [7, 11) is 4.36. The molecular weight excluding hydrogens is 440 g/mol. The van der Waals surface area contributed by atoms with Gasteiger partial charge in [-0.2, -0.15) is 5.10 Å². The van der Waals surface area contributed by atoms with E-state index in [2.05, 4.69) is 10.5 Å². The van der Waals surface area contributed by atoms with Crippen molar-refractivity contribution in [2.24, 2.45) is 5.10 Å². The lowest BCUT2D eigenvalue weighted by Crippen LogP contribution is -2.25. The molecule has 0 spiro atoms. The Morgan fingerprint density at radius 2 is 1.50 bits per heavy atom. The average molecular weight is 464 g/mol. The number of methoxy groups -OCH3 is 3. The average Bonchev–Trinajstić information content (AvgIpc) is 2.88. The van der Waals surface area contributed by atoms with E-state index in [0.717, 1.165) is 0 Å². The second kappa shape index (κ2) is 11.5. The number of hydrogen-bond donors (Lipinski definition) is 2. The number of hydrogen-bond acceptors (Lipinski definition) is 8. The number of rotatable bonds is 9. The molecule has 2 N–H and O–H groups in total. The third kappa shape index (κ3) is 5.70. The van der Waals surface area contributed by atoms with Crippen LogP contribution in [0.5, 0.6) is 23.0 Å². The van der Waals surface area contributed by atoms with Gasteiger partial charge in [-0.3, -0.25) is 4.79 Å². The maximum atomic E-state index is 12.8. The Morgan fingerprint density at radius 1 is 0.882 bits per heavy atom. The highest BCUT2D eigenvalue weighted by molar-refractivity contribution is 5.94.